The maximum atomic E-state index is 13.7. The standard InChI is InChI=1S/C34H52N4O7S.C18H24O2/c1-6-7-15-42-16-17-43-18-19-44-20-21-45-23-29(39)37-31(34(3,4)5)33(41)38-14-8-9-28(38)32(40)35-22-26-10-12-27(13-11-26)30-25(2)36-24-46-30;1-18-9-8-14-13-5-3-12(19)10-11(13)2-4-15(14)16(18)6-7-17(18)20/h10-13,24,28,31H,6-9,14-23H2,1-5H3,(H,35,40)(H,37,39);3,5,10,14-17,19-20H,2,4,6-9H2,1H3. The van der Waals surface area contributed by atoms with Crippen molar-refractivity contribution in [2.24, 2.45) is 22.7 Å². The molecule has 1 aliphatic heterocycles. The largest absolute Gasteiger partial charge is 0.508 e. The number of ether oxygens (including phenoxy) is 4. The lowest BCUT2D eigenvalue weighted by atomic mass is 9.55. The zero-order valence-electron chi connectivity index (χ0n) is 40.3. The number of hydrogen-bond acceptors (Lipinski definition) is 11. The van der Waals surface area contributed by atoms with E-state index in [1.54, 1.807) is 16.2 Å². The minimum absolute atomic E-state index is 0.0883. The lowest BCUT2D eigenvalue weighted by Gasteiger charge is -2.50. The molecule has 14 heteroatoms. The van der Waals surface area contributed by atoms with E-state index in [-0.39, 0.29) is 36.5 Å². The van der Waals surface area contributed by atoms with Crippen LogP contribution in [0.3, 0.4) is 0 Å². The van der Waals surface area contributed by atoms with Crippen LogP contribution in [-0.2, 0) is 46.3 Å². The third-order valence-corrected chi connectivity index (χ3v) is 15.3. The van der Waals surface area contributed by atoms with E-state index in [1.165, 1.54) is 30.4 Å². The Hall–Kier alpha value is -3.92. The van der Waals surface area contributed by atoms with E-state index in [2.05, 4.69) is 35.5 Å². The number of nitrogens with one attached hydrogen (secondary N) is 2. The Kier molecular flexibility index (Phi) is 19.0. The molecule has 2 saturated carbocycles. The molecule has 364 valence electrons. The summed E-state index contributed by atoms with van der Waals surface area (Å²) in [6, 6.07) is 12.6. The number of amides is 3. The highest BCUT2D eigenvalue weighted by molar-refractivity contribution is 7.13. The molecule has 7 atom stereocenters. The van der Waals surface area contributed by atoms with Gasteiger partial charge in [0.2, 0.25) is 17.7 Å². The van der Waals surface area contributed by atoms with Gasteiger partial charge in [-0.05, 0) is 128 Å². The van der Waals surface area contributed by atoms with Crippen molar-refractivity contribution in [3.05, 3.63) is 70.4 Å². The zero-order valence-corrected chi connectivity index (χ0v) is 41.1. The number of rotatable bonds is 20. The number of carbonyl (C=O) groups excluding carboxylic acids is 3. The van der Waals surface area contributed by atoms with Crippen molar-refractivity contribution < 1.29 is 43.5 Å². The SMILES string of the molecule is CC12CCC3c4ccc(O)cc4CCC3C1CCC2O.CCCCOCCOCCOCCOCC(=O)NC(C(=O)N1CCCC1C(=O)NCc1ccc(-c2scnc2C)cc1)C(C)(C)C. The summed E-state index contributed by atoms with van der Waals surface area (Å²) < 4.78 is 21.9. The second kappa shape index (κ2) is 24.4. The zero-order chi connectivity index (χ0) is 47.3. The molecule has 13 nitrogen and oxygen atoms in total. The van der Waals surface area contributed by atoms with Gasteiger partial charge in [-0.2, -0.15) is 0 Å². The smallest absolute Gasteiger partial charge is 0.246 e. The molecule has 0 spiro atoms. The second-order valence-corrected chi connectivity index (χ2v) is 20.8. The number of aromatic nitrogens is 1. The highest BCUT2D eigenvalue weighted by Gasteiger charge is 2.54. The Labute approximate surface area is 396 Å². The number of nitrogens with zero attached hydrogens (tertiary/aromatic N) is 2. The van der Waals surface area contributed by atoms with E-state index in [4.69, 9.17) is 18.9 Å². The third-order valence-electron chi connectivity index (χ3n) is 14.3. The van der Waals surface area contributed by atoms with Crippen LogP contribution in [-0.4, -0.2) is 115 Å². The molecule has 0 radical (unpaired) electrons. The van der Waals surface area contributed by atoms with E-state index >= 15 is 0 Å². The minimum atomic E-state index is -0.806. The number of aliphatic hydroxyl groups excluding tert-OH is 1. The van der Waals surface area contributed by atoms with Gasteiger partial charge in [0.25, 0.3) is 0 Å². The average Bonchev–Trinajstić information content (AvgIpc) is 4.04. The van der Waals surface area contributed by atoms with Crippen LogP contribution < -0.4 is 10.6 Å². The van der Waals surface area contributed by atoms with Crippen molar-refractivity contribution in [3.8, 4) is 16.2 Å². The summed E-state index contributed by atoms with van der Waals surface area (Å²) in [5.41, 5.74) is 7.32. The molecule has 4 N–H and O–H groups in total. The van der Waals surface area contributed by atoms with Crippen LogP contribution in [0.25, 0.3) is 10.4 Å². The highest BCUT2D eigenvalue weighted by atomic mass is 32.1. The number of aryl methyl sites for hydroxylation is 2. The molecule has 0 bridgehead atoms. The molecule has 7 rings (SSSR count). The van der Waals surface area contributed by atoms with E-state index in [0.29, 0.717) is 70.1 Å². The predicted octanol–water partition coefficient (Wildman–Crippen LogP) is 7.73. The van der Waals surface area contributed by atoms with E-state index in [0.717, 1.165) is 72.7 Å². The minimum Gasteiger partial charge on any atom is -0.508 e. The van der Waals surface area contributed by atoms with Crippen molar-refractivity contribution in [1.29, 1.82) is 0 Å². The summed E-state index contributed by atoms with van der Waals surface area (Å²) in [5.74, 6) is 1.64. The molecule has 2 heterocycles. The molecular weight excluding hydrogens is 857 g/mol. The quantitative estimate of drug-likeness (QED) is 0.0824. The molecule has 2 aromatic carbocycles. The van der Waals surface area contributed by atoms with Crippen LogP contribution >= 0.6 is 11.3 Å². The van der Waals surface area contributed by atoms with Crippen LogP contribution in [0, 0.1) is 29.6 Å². The first-order chi connectivity index (χ1) is 31.7. The van der Waals surface area contributed by atoms with Gasteiger partial charge in [0, 0.05) is 19.7 Å². The second-order valence-electron chi connectivity index (χ2n) is 19.9. The molecule has 66 heavy (non-hydrogen) atoms. The molecule has 1 saturated heterocycles. The number of fused-ring (bicyclic) bond motifs is 5. The fourth-order valence-electron chi connectivity index (χ4n) is 10.6. The Morgan fingerprint density at radius 2 is 1.62 bits per heavy atom. The summed E-state index contributed by atoms with van der Waals surface area (Å²) in [5, 5.41) is 25.9. The lowest BCUT2D eigenvalue weighted by Crippen LogP contribution is -2.58. The Bertz CT molecular complexity index is 2020. The van der Waals surface area contributed by atoms with Crippen LogP contribution in [0.4, 0.5) is 0 Å². The van der Waals surface area contributed by atoms with Gasteiger partial charge in [-0.3, -0.25) is 14.4 Å². The summed E-state index contributed by atoms with van der Waals surface area (Å²) in [7, 11) is 0. The van der Waals surface area contributed by atoms with E-state index in [1.807, 2.05) is 69.6 Å². The van der Waals surface area contributed by atoms with Crippen LogP contribution in [0.1, 0.15) is 121 Å². The van der Waals surface area contributed by atoms with Gasteiger partial charge >= 0.3 is 0 Å². The van der Waals surface area contributed by atoms with Gasteiger partial charge in [-0.1, -0.05) is 71.4 Å². The maximum absolute atomic E-state index is 13.7. The molecule has 4 aliphatic rings. The molecule has 3 amide bonds. The topological polar surface area (TPSA) is 169 Å². The number of hydrogen-bond donors (Lipinski definition) is 4. The highest BCUT2D eigenvalue weighted by Crippen LogP contribution is 2.61. The Morgan fingerprint density at radius 1 is 0.924 bits per heavy atom. The van der Waals surface area contributed by atoms with Crippen LogP contribution in [0.5, 0.6) is 5.75 Å². The Morgan fingerprint density at radius 3 is 2.29 bits per heavy atom. The number of likely N-dealkylation sites (tertiary alicyclic amines) is 1. The summed E-state index contributed by atoms with van der Waals surface area (Å²) in [6.07, 6.45) is 10.2. The first-order valence-electron chi connectivity index (χ1n) is 24.4. The summed E-state index contributed by atoms with van der Waals surface area (Å²) >= 11 is 1.60. The van der Waals surface area contributed by atoms with E-state index < -0.39 is 23.4 Å². The number of benzene rings is 2. The number of thiazole rings is 1. The van der Waals surface area contributed by atoms with Crippen molar-refractivity contribution in [1.82, 2.24) is 20.5 Å². The van der Waals surface area contributed by atoms with Crippen molar-refractivity contribution in [3.63, 3.8) is 0 Å². The molecule has 1 aromatic heterocycles. The number of aromatic hydroxyl groups is 1. The van der Waals surface area contributed by atoms with Gasteiger partial charge in [-0.25, -0.2) is 4.98 Å². The number of phenolic OH excluding ortho intramolecular Hbond substituents is 1. The van der Waals surface area contributed by atoms with Crippen LogP contribution in [0.15, 0.2) is 48.0 Å². The number of aliphatic hydroxyl groups is 1. The van der Waals surface area contributed by atoms with Gasteiger partial charge < -0.3 is 44.7 Å². The van der Waals surface area contributed by atoms with Crippen LogP contribution in [0.2, 0.25) is 0 Å². The van der Waals surface area contributed by atoms with E-state index in [9.17, 15) is 24.6 Å². The molecule has 3 aliphatic carbocycles. The van der Waals surface area contributed by atoms with Crippen molar-refractivity contribution >= 4 is 29.1 Å². The van der Waals surface area contributed by atoms with Crippen molar-refractivity contribution in [2.45, 2.75) is 136 Å². The monoisotopic (exact) mass is 933 g/mol. The molecule has 7 unspecified atom stereocenters. The lowest BCUT2D eigenvalue weighted by molar-refractivity contribution is -0.144. The number of unbranched alkanes of at least 4 members (excludes halogenated alkanes) is 1. The third kappa shape index (κ3) is 13.4. The van der Waals surface area contributed by atoms with Gasteiger partial charge in [0.1, 0.15) is 24.4 Å². The van der Waals surface area contributed by atoms with Gasteiger partial charge in [0.05, 0.1) is 61.8 Å². The average molecular weight is 933 g/mol. The predicted molar refractivity (Wildman–Crippen MR) is 257 cm³/mol. The first-order valence-corrected chi connectivity index (χ1v) is 25.3. The van der Waals surface area contributed by atoms with Gasteiger partial charge in [0.15, 0.2) is 0 Å². The normalized spacial score (nSPS) is 23.8. The summed E-state index contributed by atoms with van der Waals surface area (Å²) in [4.78, 5) is 46.8. The van der Waals surface area contributed by atoms with Gasteiger partial charge in [-0.15, -0.1) is 11.3 Å². The molecule has 3 fully saturated rings. The molecular formula is C52H76N4O9S. The Balaban J connectivity index is 0.000000294. The fraction of sp³-hybridized carbons (Fsp3) is 0.654. The summed E-state index contributed by atoms with van der Waals surface area (Å²) in [6.45, 7) is 16.1. The number of carbonyl (C=O) groups is 3. The van der Waals surface area contributed by atoms with Crippen molar-refractivity contribution in [2.75, 3.05) is 59.4 Å². The number of phenols is 1. The molecule has 3 aromatic rings. The maximum Gasteiger partial charge on any atom is 0.246 e. The fourth-order valence-corrected chi connectivity index (χ4v) is 11.4. The first kappa shape index (κ1) is 51.5.